The third-order valence-corrected chi connectivity index (χ3v) is 3.11. The van der Waals surface area contributed by atoms with Crippen molar-refractivity contribution in [3.05, 3.63) is 30.5 Å². The monoisotopic (exact) mass is 232 g/mol. The van der Waals surface area contributed by atoms with Crippen molar-refractivity contribution in [2.75, 3.05) is 11.9 Å². The Bertz CT molecular complexity index is 514. The van der Waals surface area contributed by atoms with E-state index in [0.29, 0.717) is 0 Å². The highest BCUT2D eigenvalue weighted by Gasteiger charge is 2.18. The molecule has 0 atom stereocenters. The molecule has 0 bridgehead atoms. The van der Waals surface area contributed by atoms with Gasteiger partial charge in [-0.3, -0.25) is 0 Å². The van der Waals surface area contributed by atoms with Crippen LogP contribution in [0.4, 0.5) is 5.69 Å². The van der Waals surface area contributed by atoms with Crippen molar-refractivity contribution < 1.29 is 5.11 Å². The maximum Gasteiger partial charge on any atom is 0.0604 e. The second-order valence-corrected chi connectivity index (χ2v) is 5.15. The summed E-state index contributed by atoms with van der Waals surface area (Å²) in [5, 5.41) is 13.8. The summed E-state index contributed by atoms with van der Waals surface area (Å²) >= 11 is 0. The van der Waals surface area contributed by atoms with Crippen molar-refractivity contribution in [2.45, 2.75) is 25.8 Å². The van der Waals surface area contributed by atoms with E-state index in [0.717, 1.165) is 12.1 Å². The molecule has 0 saturated heterocycles. The van der Waals surface area contributed by atoms with Crippen LogP contribution < -0.4 is 5.32 Å². The van der Waals surface area contributed by atoms with Crippen molar-refractivity contribution in [2.24, 2.45) is 7.05 Å². The van der Waals surface area contributed by atoms with E-state index in [2.05, 4.69) is 42.1 Å². The number of nitrogens with zero attached hydrogens (tertiary/aromatic N) is 1. The van der Waals surface area contributed by atoms with Gasteiger partial charge in [-0.1, -0.05) is 18.2 Å². The van der Waals surface area contributed by atoms with Gasteiger partial charge in [0.05, 0.1) is 5.69 Å². The van der Waals surface area contributed by atoms with Gasteiger partial charge in [0.2, 0.25) is 0 Å². The molecule has 2 aromatic rings. The molecule has 0 radical (unpaired) electrons. The molecule has 17 heavy (non-hydrogen) atoms. The van der Waals surface area contributed by atoms with Crippen LogP contribution in [0.15, 0.2) is 30.5 Å². The molecule has 3 nitrogen and oxygen atoms in total. The smallest absolute Gasteiger partial charge is 0.0604 e. The summed E-state index contributed by atoms with van der Waals surface area (Å²) < 4.78 is 2.12. The number of aromatic nitrogens is 1. The molecule has 1 aromatic carbocycles. The molecular weight excluding hydrogens is 212 g/mol. The summed E-state index contributed by atoms with van der Waals surface area (Å²) in [6, 6.07) is 8.32. The van der Waals surface area contributed by atoms with Gasteiger partial charge in [-0.25, -0.2) is 0 Å². The van der Waals surface area contributed by atoms with Gasteiger partial charge in [0.25, 0.3) is 0 Å². The summed E-state index contributed by atoms with van der Waals surface area (Å²) in [5.74, 6) is 0. The minimum atomic E-state index is -0.0983. The predicted molar refractivity (Wildman–Crippen MR) is 72.3 cm³/mol. The number of aryl methyl sites for hydroxylation is 1. The van der Waals surface area contributed by atoms with E-state index >= 15 is 0 Å². The molecule has 0 unspecified atom stereocenters. The highest BCUT2D eigenvalue weighted by atomic mass is 16.3. The Balaban J connectivity index is 2.36. The van der Waals surface area contributed by atoms with E-state index in [1.54, 1.807) is 0 Å². The van der Waals surface area contributed by atoms with Gasteiger partial charge >= 0.3 is 0 Å². The summed E-state index contributed by atoms with van der Waals surface area (Å²) in [6.45, 7) is 4.40. The molecule has 0 amide bonds. The van der Waals surface area contributed by atoms with Gasteiger partial charge in [-0.2, -0.15) is 0 Å². The third-order valence-electron chi connectivity index (χ3n) is 3.11. The van der Waals surface area contributed by atoms with Crippen LogP contribution in [-0.2, 0) is 7.05 Å². The van der Waals surface area contributed by atoms with E-state index in [1.165, 1.54) is 10.9 Å². The highest BCUT2D eigenvalue weighted by Crippen LogP contribution is 2.28. The van der Waals surface area contributed by atoms with E-state index in [4.69, 9.17) is 5.11 Å². The standard InChI is InChI=1S/C14H20N2O/c1-14(2,8-9-17)15-12-10-16(3)13-7-5-4-6-11(12)13/h4-7,10,15,17H,8-9H2,1-3H3. The first kappa shape index (κ1) is 12.0. The predicted octanol–water partition coefficient (Wildman–Crippen LogP) is 2.75. The zero-order valence-electron chi connectivity index (χ0n) is 10.7. The van der Waals surface area contributed by atoms with Crippen LogP contribution in [0, 0.1) is 0 Å². The lowest BCUT2D eigenvalue weighted by Crippen LogP contribution is -2.31. The highest BCUT2D eigenvalue weighted by molar-refractivity contribution is 5.93. The lowest BCUT2D eigenvalue weighted by Gasteiger charge is -2.26. The SMILES string of the molecule is Cn1cc(NC(C)(C)CCO)c2ccccc21. The maximum atomic E-state index is 9.05. The summed E-state index contributed by atoms with van der Waals surface area (Å²) in [6.07, 6.45) is 2.83. The molecule has 0 aliphatic rings. The number of fused-ring (bicyclic) bond motifs is 1. The number of hydrogen-bond donors (Lipinski definition) is 2. The number of rotatable bonds is 4. The molecule has 92 valence electrons. The van der Waals surface area contributed by atoms with Gasteiger partial charge < -0.3 is 15.0 Å². The van der Waals surface area contributed by atoms with Gasteiger partial charge in [0.15, 0.2) is 0 Å². The van der Waals surface area contributed by atoms with Crippen molar-refractivity contribution >= 4 is 16.6 Å². The second kappa shape index (κ2) is 4.41. The quantitative estimate of drug-likeness (QED) is 0.850. The Morgan fingerprint density at radius 2 is 2.00 bits per heavy atom. The Morgan fingerprint density at radius 1 is 1.29 bits per heavy atom. The maximum absolute atomic E-state index is 9.05. The molecular formula is C14H20N2O. The zero-order valence-corrected chi connectivity index (χ0v) is 10.7. The van der Waals surface area contributed by atoms with Gasteiger partial charge in [-0.15, -0.1) is 0 Å². The van der Waals surface area contributed by atoms with Gasteiger partial charge in [0, 0.05) is 36.3 Å². The van der Waals surface area contributed by atoms with Gasteiger partial charge in [-0.05, 0) is 26.3 Å². The van der Waals surface area contributed by atoms with E-state index < -0.39 is 0 Å². The minimum Gasteiger partial charge on any atom is -0.396 e. The average Bonchev–Trinajstić information content (AvgIpc) is 2.56. The molecule has 0 fully saturated rings. The fourth-order valence-electron chi connectivity index (χ4n) is 2.15. The van der Waals surface area contributed by atoms with Crippen molar-refractivity contribution in [1.29, 1.82) is 0 Å². The molecule has 3 heteroatoms. The van der Waals surface area contributed by atoms with Crippen LogP contribution in [-0.4, -0.2) is 21.8 Å². The Morgan fingerprint density at radius 3 is 2.71 bits per heavy atom. The number of nitrogens with one attached hydrogen (secondary N) is 1. The van der Waals surface area contributed by atoms with E-state index in [-0.39, 0.29) is 12.1 Å². The molecule has 0 aliphatic carbocycles. The second-order valence-electron chi connectivity index (χ2n) is 5.15. The zero-order chi connectivity index (χ0) is 12.5. The van der Waals surface area contributed by atoms with Crippen molar-refractivity contribution in [3.63, 3.8) is 0 Å². The molecule has 0 spiro atoms. The molecule has 2 N–H and O–H groups in total. The van der Waals surface area contributed by atoms with Crippen molar-refractivity contribution in [3.8, 4) is 0 Å². The molecule has 2 rings (SSSR count). The van der Waals surface area contributed by atoms with E-state index in [9.17, 15) is 0 Å². The average molecular weight is 232 g/mol. The normalized spacial score (nSPS) is 12.0. The van der Waals surface area contributed by atoms with Gasteiger partial charge in [0.1, 0.15) is 0 Å². The van der Waals surface area contributed by atoms with E-state index in [1.807, 2.05) is 19.2 Å². The third kappa shape index (κ3) is 2.44. The Labute approximate surface area is 102 Å². The number of benzene rings is 1. The first-order valence-corrected chi connectivity index (χ1v) is 5.96. The first-order valence-electron chi connectivity index (χ1n) is 5.96. The van der Waals surface area contributed by atoms with Crippen LogP contribution in [0.2, 0.25) is 0 Å². The Hall–Kier alpha value is -1.48. The van der Waals surface area contributed by atoms with Crippen LogP contribution in [0.3, 0.4) is 0 Å². The number of anilines is 1. The lowest BCUT2D eigenvalue weighted by atomic mass is 10.0. The first-order chi connectivity index (χ1) is 8.03. The number of aliphatic hydroxyl groups is 1. The summed E-state index contributed by atoms with van der Waals surface area (Å²) in [4.78, 5) is 0. The van der Waals surface area contributed by atoms with Crippen LogP contribution in [0.25, 0.3) is 10.9 Å². The minimum absolute atomic E-state index is 0.0983. The van der Waals surface area contributed by atoms with Crippen molar-refractivity contribution in [1.82, 2.24) is 4.57 Å². The number of para-hydroxylation sites is 1. The molecule has 0 saturated carbocycles. The molecule has 1 heterocycles. The largest absolute Gasteiger partial charge is 0.396 e. The fraction of sp³-hybridized carbons (Fsp3) is 0.429. The molecule has 1 aromatic heterocycles. The summed E-state index contributed by atoms with van der Waals surface area (Å²) in [7, 11) is 2.05. The topological polar surface area (TPSA) is 37.2 Å². The molecule has 0 aliphatic heterocycles. The number of aliphatic hydroxyl groups excluding tert-OH is 1. The summed E-state index contributed by atoms with van der Waals surface area (Å²) in [5.41, 5.74) is 2.25. The Kier molecular flexibility index (Phi) is 3.11. The fourth-order valence-corrected chi connectivity index (χ4v) is 2.15. The number of hydrogen-bond acceptors (Lipinski definition) is 2. The lowest BCUT2D eigenvalue weighted by molar-refractivity contribution is 0.261. The van der Waals surface area contributed by atoms with Crippen LogP contribution in [0.5, 0.6) is 0 Å². The van der Waals surface area contributed by atoms with Crippen LogP contribution in [0.1, 0.15) is 20.3 Å². The van der Waals surface area contributed by atoms with Crippen LogP contribution >= 0.6 is 0 Å².